The Bertz CT molecular complexity index is 1020. The summed E-state index contributed by atoms with van der Waals surface area (Å²) in [6, 6.07) is 13.7. The Kier molecular flexibility index (Phi) is 5.73. The monoisotopic (exact) mass is 428 g/mol. The first kappa shape index (κ1) is 20.7. The molecule has 1 N–H and O–H groups in total. The van der Waals surface area contributed by atoms with Gasteiger partial charge in [-0.15, -0.1) is 0 Å². The molecule has 2 fully saturated rings. The number of rotatable bonds is 7. The molecule has 2 aromatic carbocycles. The zero-order valence-corrected chi connectivity index (χ0v) is 18.2. The molecule has 0 aromatic heterocycles. The number of para-hydroxylation sites is 2. The van der Waals surface area contributed by atoms with Crippen molar-refractivity contribution in [1.82, 2.24) is 5.32 Å². The lowest BCUT2D eigenvalue weighted by atomic mass is 9.95. The Hall–Kier alpha value is -2.54. The SMILES string of the molecule is COc1ccccc1N(CC(=O)N[C@H]1C[C@@H]2CC[C@H]1C2)S(=O)(=O)c1ccc(C)cc1. The fraction of sp³-hybridized carbons (Fsp3) is 0.435. The first-order valence-corrected chi connectivity index (χ1v) is 11.8. The molecule has 3 atom stereocenters. The van der Waals surface area contributed by atoms with Crippen molar-refractivity contribution < 1.29 is 17.9 Å². The second-order valence-corrected chi connectivity index (χ2v) is 10.2. The van der Waals surface area contributed by atoms with Crippen LogP contribution in [0.2, 0.25) is 0 Å². The molecule has 160 valence electrons. The maximum absolute atomic E-state index is 13.5. The number of carbonyl (C=O) groups is 1. The van der Waals surface area contributed by atoms with Gasteiger partial charge in [-0.25, -0.2) is 8.42 Å². The third-order valence-electron chi connectivity index (χ3n) is 6.33. The Morgan fingerprint density at radius 2 is 1.83 bits per heavy atom. The van der Waals surface area contributed by atoms with Crippen molar-refractivity contribution in [3.05, 3.63) is 54.1 Å². The Morgan fingerprint density at radius 3 is 2.47 bits per heavy atom. The molecule has 2 aromatic rings. The van der Waals surface area contributed by atoms with Gasteiger partial charge < -0.3 is 10.1 Å². The molecule has 0 spiro atoms. The summed E-state index contributed by atoms with van der Waals surface area (Å²) in [5.74, 6) is 1.34. The van der Waals surface area contributed by atoms with Crippen molar-refractivity contribution in [2.45, 2.75) is 43.5 Å². The second-order valence-electron chi connectivity index (χ2n) is 8.35. The Labute approximate surface area is 178 Å². The summed E-state index contributed by atoms with van der Waals surface area (Å²) >= 11 is 0. The number of hydrogen-bond acceptors (Lipinski definition) is 4. The third-order valence-corrected chi connectivity index (χ3v) is 8.11. The van der Waals surface area contributed by atoms with Crippen molar-refractivity contribution in [2.24, 2.45) is 11.8 Å². The number of benzene rings is 2. The summed E-state index contributed by atoms with van der Waals surface area (Å²) < 4.78 is 33.6. The van der Waals surface area contributed by atoms with Gasteiger partial charge in [0, 0.05) is 6.04 Å². The number of anilines is 1. The number of nitrogens with zero attached hydrogens (tertiary/aromatic N) is 1. The number of ether oxygens (including phenoxy) is 1. The highest BCUT2D eigenvalue weighted by Crippen LogP contribution is 2.44. The average Bonchev–Trinajstić information content (AvgIpc) is 3.35. The largest absolute Gasteiger partial charge is 0.495 e. The molecule has 2 bridgehead atoms. The van der Waals surface area contributed by atoms with Gasteiger partial charge in [0.1, 0.15) is 12.3 Å². The van der Waals surface area contributed by atoms with Gasteiger partial charge in [-0.2, -0.15) is 0 Å². The second kappa shape index (κ2) is 8.30. The van der Waals surface area contributed by atoms with Crippen LogP contribution in [0.15, 0.2) is 53.4 Å². The van der Waals surface area contributed by atoms with E-state index in [0.717, 1.165) is 22.7 Å². The molecule has 6 nitrogen and oxygen atoms in total. The van der Waals surface area contributed by atoms with E-state index in [1.165, 1.54) is 20.0 Å². The zero-order chi connectivity index (χ0) is 21.3. The molecule has 30 heavy (non-hydrogen) atoms. The summed E-state index contributed by atoms with van der Waals surface area (Å²) in [5, 5.41) is 3.09. The summed E-state index contributed by atoms with van der Waals surface area (Å²) in [5.41, 5.74) is 1.32. The highest BCUT2D eigenvalue weighted by molar-refractivity contribution is 7.92. The molecule has 0 unspecified atom stereocenters. The minimum Gasteiger partial charge on any atom is -0.495 e. The number of carbonyl (C=O) groups excluding carboxylic acids is 1. The van der Waals surface area contributed by atoms with Crippen molar-refractivity contribution in [3.63, 3.8) is 0 Å². The smallest absolute Gasteiger partial charge is 0.264 e. The summed E-state index contributed by atoms with van der Waals surface area (Å²) in [6.45, 7) is 1.61. The van der Waals surface area contributed by atoms with E-state index < -0.39 is 10.0 Å². The number of fused-ring (bicyclic) bond motifs is 2. The maximum atomic E-state index is 13.5. The van der Waals surface area contributed by atoms with Gasteiger partial charge in [-0.1, -0.05) is 36.2 Å². The lowest BCUT2D eigenvalue weighted by Crippen LogP contribution is -2.46. The van der Waals surface area contributed by atoms with Gasteiger partial charge in [0.25, 0.3) is 10.0 Å². The molecule has 1 amide bonds. The van der Waals surface area contributed by atoms with Gasteiger partial charge in [-0.05, 0) is 62.3 Å². The van der Waals surface area contributed by atoms with Gasteiger partial charge in [0.15, 0.2) is 0 Å². The molecule has 0 radical (unpaired) electrons. The van der Waals surface area contributed by atoms with Crippen LogP contribution in [0.25, 0.3) is 0 Å². The molecular formula is C23H28N2O4S. The molecule has 0 aliphatic heterocycles. The van der Waals surface area contributed by atoms with Crippen molar-refractivity contribution in [1.29, 1.82) is 0 Å². The van der Waals surface area contributed by atoms with Gasteiger partial charge in [0.2, 0.25) is 5.91 Å². The average molecular weight is 429 g/mol. The maximum Gasteiger partial charge on any atom is 0.264 e. The first-order valence-electron chi connectivity index (χ1n) is 10.4. The van der Waals surface area contributed by atoms with E-state index in [2.05, 4.69) is 5.32 Å². The number of amides is 1. The number of nitrogens with one attached hydrogen (secondary N) is 1. The summed E-state index contributed by atoms with van der Waals surface area (Å²) in [6.07, 6.45) is 4.55. The molecule has 0 saturated heterocycles. The lowest BCUT2D eigenvalue weighted by Gasteiger charge is -2.28. The van der Waals surface area contributed by atoms with Crippen LogP contribution in [-0.4, -0.2) is 34.0 Å². The zero-order valence-electron chi connectivity index (χ0n) is 17.4. The minimum absolute atomic E-state index is 0.145. The highest BCUT2D eigenvalue weighted by Gasteiger charge is 2.40. The van der Waals surface area contributed by atoms with Crippen molar-refractivity contribution in [3.8, 4) is 5.75 Å². The van der Waals surface area contributed by atoms with Gasteiger partial charge in [0.05, 0.1) is 17.7 Å². The van der Waals surface area contributed by atoms with Crippen LogP contribution in [0.4, 0.5) is 5.69 Å². The molecule has 2 aliphatic rings. The number of methoxy groups -OCH3 is 1. The van der Waals surface area contributed by atoms with Crippen LogP contribution in [0.3, 0.4) is 0 Å². The van der Waals surface area contributed by atoms with E-state index in [1.807, 2.05) is 6.92 Å². The van der Waals surface area contributed by atoms with Crippen LogP contribution in [-0.2, 0) is 14.8 Å². The van der Waals surface area contributed by atoms with E-state index in [9.17, 15) is 13.2 Å². The molecule has 2 saturated carbocycles. The highest BCUT2D eigenvalue weighted by atomic mass is 32.2. The molecular weight excluding hydrogens is 400 g/mol. The quantitative estimate of drug-likeness (QED) is 0.732. The van der Waals surface area contributed by atoms with Crippen LogP contribution in [0, 0.1) is 18.8 Å². The van der Waals surface area contributed by atoms with E-state index >= 15 is 0 Å². The fourth-order valence-electron chi connectivity index (χ4n) is 4.78. The Morgan fingerprint density at radius 1 is 1.10 bits per heavy atom. The Balaban J connectivity index is 1.63. The molecule has 0 heterocycles. The van der Waals surface area contributed by atoms with Crippen molar-refractivity contribution in [2.75, 3.05) is 18.0 Å². The van der Waals surface area contributed by atoms with Crippen LogP contribution in [0.5, 0.6) is 5.75 Å². The molecule has 7 heteroatoms. The number of aryl methyl sites for hydroxylation is 1. The normalized spacial score (nSPS) is 22.7. The van der Waals surface area contributed by atoms with Gasteiger partial charge in [-0.3, -0.25) is 9.10 Å². The van der Waals surface area contributed by atoms with Crippen LogP contribution < -0.4 is 14.4 Å². The predicted molar refractivity (Wildman–Crippen MR) is 116 cm³/mol. The summed E-state index contributed by atoms with van der Waals surface area (Å²) in [7, 11) is -2.46. The standard InChI is InChI=1S/C23H28N2O4S/c1-16-7-11-19(12-8-16)30(27,28)25(21-5-3-4-6-22(21)29-2)15-23(26)24-20-14-17-9-10-18(20)13-17/h3-8,11-12,17-18,20H,9-10,13-15H2,1-2H3,(H,24,26)/t17-,18+,20+/m1/s1. The van der Waals surface area contributed by atoms with E-state index in [4.69, 9.17) is 4.74 Å². The van der Waals surface area contributed by atoms with E-state index in [1.54, 1.807) is 48.5 Å². The topological polar surface area (TPSA) is 75.7 Å². The lowest BCUT2D eigenvalue weighted by molar-refractivity contribution is -0.120. The number of hydrogen-bond donors (Lipinski definition) is 1. The molecule has 4 rings (SSSR count). The van der Waals surface area contributed by atoms with E-state index in [-0.39, 0.29) is 23.4 Å². The first-order chi connectivity index (χ1) is 14.4. The fourth-order valence-corrected chi connectivity index (χ4v) is 6.21. The predicted octanol–water partition coefficient (Wildman–Crippen LogP) is 3.50. The van der Waals surface area contributed by atoms with Gasteiger partial charge >= 0.3 is 0 Å². The van der Waals surface area contributed by atoms with Crippen LogP contribution >= 0.6 is 0 Å². The van der Waals surface area contributed by atoms with E-state index in [0.29, 0.717) is 23.3 Å². The minimum atomic E-state index is -3.95. The molecule has 2 aliphatic carbocycles. The van der Waals surface area contributed by atoms with Crippen LogP contribution in [0.1, 0.15) is 31.2 Å². The third kappa shape index (κ3) is 4.03. The van der Waals surface area contributed by atoms with Crippen molar-refractivity contribution >= 4 is 21.6 Å². The summed E-state index contributed by atoms with van der Waals surface area (Å²) in [4.78, 5) is 13.1. The number of sulfonamides is 1.